The predicted octanol–water partition coefficient (Wildman–Crippen LogP) is 5.03. The highest BCUT2D eigenvalue weighted by atomic mass is 79.9. The monoisotopic (exact) mass is 436 g/mol. The van der Waals surface area contributed by atoms with Gasteiger partial charge in [0.15, 0.2) is 0 Å². The number of para-hydroxylation sites is 1. The van der Waals surface area contributed by atoms with Crippen molar-refractivity contribution in [2.24, 2.45) is 5.10 Å². The maximum atomic E-state index is 12.0. The summed E-state index contributed by atoms with van der Waals surface area (Å²) in [4.78, 5) is 12.0. The molecule has 0 heterocycles. The normalized spacial score (nSPS) is 10.8. The fourth-order valence-corrected chi connectivity index (χ4v) is 2.83. The van der Waals surface area contributed by atoms with Gasteiger partial charge >= 0.3 is 0 Å². The summed E-state index contributed by atoms with van der Waals surface area (Å²) in [5.41, 5.74) is 6.61. The molecule has 0 unspecified atom stereocenters. The first kappa shape index (κ1) is 19.8. The summed E-state index contributed by atoms with van der Waals surface area (Å²) in [6.07, 6.45) is 1.88. The smallest absolute Gasteiger partial charge is 0.244 e. The Hall–Kier alpha value is -2.92. The molecule has 1 amide bonds. The van der Waals surface area contributed by atoms with Gasteiger partial charge in [-0.05, 0) is 42.3 Å². The van der Waals surface area contributed by atoms with E-state index in [1.807, 2.05) is 60.7 Å². The van der Waals surface area contributed by atoms with Crippen molar-refractivity contribution in [1.29, 1.82) is 0 Å². The number of carbonyl (C=O) groups is 1. The number of benzene rings is 3. The first-order valence-corrected chi connectivity index (χ1v) is 9.73. The fraction of sp³-hybridized carbons (Fsp3) is 0.130. The summed E-state index contributed by atoms with van der Waals surface area (Å²) in [5.74, 6) is 0.547. The number of nitrogens with one attached hydrogen (secondary N) is 1. The van der Waals surface area contributed by atoms with Crippen molar-refractivity contribution in [3.63, 3.8) is 0 Å². The Balaban J connectivity index is 1.56. The lowest BCUT2D eigenvalue weighted by Crippen LogP contribution is -2.19. The summed E-state index contributed by atoms with van der Waals surface area (Å²) in [5, 5.41) is 4.07. The lowest BCUT2D eigenvalue weighted by molar-refractivity contribution is -0.120. The Morgan fingerprint density at radius 1 is 1.00 bits per heavy atom. The van der Waals surface area contributed by atoms with Gasteiger partial charge < -0.3 is 4.74 Å². The third-order valence-corrected chi connectivity index (χ3v) is 4.63. The van der Waals surface area contributed by atoms with Crippen molar-refractivity contribution >= 4 is 28.1 Å². The highest BCUT2D eigenvalue weighted by Crippen LogP contribution is 2.18. The molecule has 0 saturated carbocycles. The van der Waals surface area contributed by atoms with Crippen LogP contribution in [-0.4, -0.2) is 12.1 Å². The topological polar surface area (TPSA) is 50.7 Å². The number of aryl methyl sites for hydroxylation is 1. The number of nitrogens with zero attached hydrogens (tertiary/aromatic N) is 1. The van der Waals surface area contributed by atoms with Gasteiger partial charge in [0.25, 0.3) is 0 Å². The van der Waals surface area contributed by atoms with Crippen LogP contribution in [0.1, 0.15) is 22.3 Å². The predicted molar refractivity (Wildman–Crippen MR) is 116 cm³/mol. The van der Waals surface area contributed by atoms with E-state index in [0.29, 0.717) is 12.4 Å². The van der Waals surface area contributed by atoms with Crippen LogP contribution in [0.15, 0.2) is 82.4 Å². The van der Waals surface area contributed by atoms with Crippen LogP contribution in [0, 0.1) is 6.92 Å². The maximum Gasteiger partial charge on any atom is 0.244 e. The summed E-state index contributed by atoms with van der Waals surface area (Å²) in [6.45, 7) is 2.53. The largest absolute Gasteiger partial charge is 0.488 e. The quantitative estimate of drug-likeness (QED) is 0.417. The van der Waals surface area contributed by atoms with Gasteiger partial charge in [0.05, 0.1) is 12.6 Å². The van der Waals surface area contributed by atoms with E-state index < -0.39 is 0 Å². The van der Waals surface area contributed by atoms with Crippen molar-refractivity contribution in [3.8, 4) is 5.75 Å². The molecule has 0 aliphatic rings. The van der Waals surface area contributed by atoms with Gasteiger partial charge in [-0.1, -0.05) is 70.0 Å². The van der Waals surface area contributed by atoms with Gasteiger partial charge in [0, 0.05) is 10.0 Å². The van der Waals surface area contributed by atoms with E-state index in [-0.39, 0.29) is 12.3 Å². The average molecular weight is 437 g/mol. The van der Waals surface area contributed by atoms with Crippen LogP contribution >= 0.6 is 15.9 Å². The molecule has 3 aromatic rings. The standard InChI is InChI=1S/C23H21BrN2O2/c1-17-6-8-19(9-7-17)16-28-22-5-3-2-4-20(22)15-25-26-23(27)14-18-10-12-21(24)13-11-18/h2-13,15H,14,16H2,1H3,(H,26,27)/b25-15-. The van der Waals surface area contributed by atoms with Gasteiger partial charge in [-0.15, -0.1) is 0 Å². The number of rotatable bonds is 7. The molecule has 0 aliphatic carbocycles. The Morgan fingerprint density at radius 3 is 2.43 bits per heavy atom. The van der Waals surface area contributed by atoms with E-state index in [0.717, 1.165) is 21.2 Å². The molecule has 0 aliphatic heterocycles. The number of halogens is 1. The number of carbonyl (C=O) groups excluding carboxylic acids is 1. The molecule has 5 heteroatoms. The second-order valence-corrected chi connectivity index (χ2v) is 7.32. The number of amides is 1. The van der Waals surface area contributed by atoms with E-state index in [1.54, 1.807) is 6.21 Å². The van der Waals surface area contributed by atoms with Gasteiger partial charge in [-0.25, -0.2) is 5.43 Å². The molecule has 3 rings (SSSR count). The lowest BCUT2D eigenvalue weighted by Gasteiger charge is -2.09. The molecule has 0 radical (unpaired) electrons. The maximum absolute atomic E-state index is 12.0. The molecule has 142 valence electrons. The second kappa shape index (κ2) is 9.85. The molecule has 0 saturated heterocycles. The first-order chi connectivity index (χ1) is 13.6. The molecule has 0 atom stereocenters. The highest BCUT2D eigenvalue weighted by Gasteiger charge is 2.04. The summed E-state index contributed by atoms with van der Waals surface area (Å²) >= 11 is 3.38. The van der Waals surface area contributed by atoms with Crippen LogP contribution in [0.25, 0.3) is 0 Å². The van der Waals surface area contributed by atoms with Crippen LogP contribution < -0.4 is 10.2 Å². The molecule has 3 aromatic carbocycles. The Labute approximate surface area is 173 Å². The lowest BCUT2D eigenvalue weighted by atomic mass is 10.1. The van der Waals surface area contributed by atoms with Crippen LogP contribution in [0.3, 0.4) is 0 Å². The van der Waals surface area contributed by atoms with E-state index in [2.05, 4.69) is 45.5 Å². The molecular weight excluding hydrogens is 416 g/mol. The van der Waals surface area contributed by atoms with Crippen LogP contribution in [-0.2, 0) is 17.8 Å². The van der Waals surface area contributed by atoms with Crippen molar-refractivity contribution in [1.82, 2.24) is 5.43 Å². The molecule has 0 aromatic heterocycles. The van der Waals surface area contributed by atoms with Crippen molar-refractivity contribution in [2.75, 3.05) is 0 Å². The van der Waals surface area contributed by atoms with Gasteiger partial charge in [0.1, 0.15) is 12.4 Å². The minimum atomic E-state index is -0.170. The number of hydrazone groups is 1. The van der Waals surface area contributed by atoms with Crippen molar-refractivity contribution < 1.29 is 9.53 Å². The SMILES string of the molecule is Cc1ccc(COc2ccccc2/C=N\NC(=O)Cc2ccc(Br)cc2)cc1. The van der Waals surface area contributed by atoms with E-state index in [1.165, 1.54) is 5.56 Å². The molecular formula is C23H21BrN2O2. The summed E-state index contributed by atoms with van der Waals surface area (Å²) < 4.78 is 6.90. The molecule has 0 bridgehead atoms. The Bertz CT molecular complexity index is 951. The highest BCUT2D eigenvalue weighted by molar-refractivity contribution is 9.10. The van der Waals surface area contributed by atoms with Crippen LogP contribution in [0.2, 0.25) is 0 Å². The third kappa shape index (κ3) is 6.06. The molecule has 0 fully saturated rings. The zero-order valence-electron chi connectivity index (χ0n) is 15.6. The number of ether oxygens (including phenoxy) is 1. The first-order valence-electron chi connectivity index (χ1n) is 8.94. The summed E-state index contributed by atoms with van der Waals surface area (Å²) in [7, 11) is 0. The zero-order valence-corrected chi connectivity index (χ0v) is 17.1. The van der Waals surface area contributed by atoms with E-state index in [9.17, 15) is 4.79 Å². The minimum absolute atomic E-state index is 0.170. The van der Waals surface area contributed by atoms with E-state index in [4.69, 9.17) is 4.74 Å². The Morgan fingerprint density at radius 2 is 1.68 bits per heavy atom. The van der Waals surface area contributed by atoms with Gasteiger partial charge in [-0.3, -0.25) is 4.79 Å². The molecule has 1 N–H and O–H groups in total. The van der Waals surface area contributed by atoms with E-state index >= 15 is 0 Å². The molecule has 0 spiro atoms. The minimum Gasteiger partial charge on any atom is -0.488 e. The number of hydrogen-bond donors (Lipinski definition) is 1. The molecule has 28 heavy (non-hydrogen) atoms. The average Bonchev–Trinajstić information content (AvgIpc) is 2.70. The van der Waals surface area contributed by atoms with Gasteiger partial charge in [0.2, 0.25) is 5.91 Å². The zero-order chi connectivity index (χ0) is 19.8. The fourth-order valence-electron chi connectivity index (χ4n) is 2.57. The van der Waals surface area contributed by atoms with Crippen LogP contribution in [0.4, 0.5) is 0 Å². The number of hydrogen-bond acceptors (Lipinski definition) is 3. The summed E-state index contributed by atoms with van der Waals surface area (Å²) in [6, 6.07) is 23.5. The molecule has 4 nitrogen and oxygen atoms in total. The van der Waals surface area contributed by atoms with Crippen LogP contribution in [0.5, 0.6) is 5.75 Å². The van der Waals surface area contributed by atoms with Crippen molar-refractivity contribution in [3.05, 3.63) is 99.5 Å². The second-order valence-electron chi connectivity index (χ2n) is 6.41. The third-order valence-electron chi connectivity index (χ3n) is 4.10. The van der Waals surface area contributed by atoms with Gasteiger partial charge in [-0.2, -0.15) is 5.10 Å². The Kier molecular flexibility index (Phi) is 6.98. The van der Waals surface area contributed by atoms with Crippen molar-refractivity contribution in [2.45, 2.75) is 20.0 Å².